The molecule has 2 rings (SSSR count). The first-order chi connectivity index (χ1) is 8.80. The molecule has 1 aromatic heterocycles. The zero-order valence-electron chi connectivity index (χ0n) is 10.3. The Labute approximate surface area is 105 Å². The van der Waals surface area contributed by atoms with Crippen molar-refractivity contribution >= 4 is 6.29 Å². The van der Waals surface area contributed by atoms with Gasteiger partial charge >= 0.3 is 0 Å². The van der Waals surface area contributed by atoms with E-state index in [1.165, 1.54) is 7.11 Å². The van der Waals surface area contributed by atoms with E-state index in [1.807, 2.05) is 6.07 Å². The Balaban J connectivity index is 2.44. The summed E-state index contributed by atoms with van der Waals surface area (Å²) in [7, 11) is 1.53. The fourth-order valence-electron chi connectivity index (χ4n) is 1.73. The summed E-state index contributed by atoms with van der Waals surface area (Å²) < 4.78 is 6.73. The topological polar surface area (TPSA) is 69.9 Å². The van der Waals surface area contributed by atoms with Crippen LogP contribution in [0.3, 0.4) is 0 Å². The van der Waals surface area contributed by atoms with Crippen LogP contribution in [-0.4, -0.2) is 33.6 Å². The number of aldehydes is 1. The summed E-state index contributed by atoms with van der Waals surface area (Å²) in [6.07, 6.45) is 2.50. The van der Waals surface area contributed by atoms with Crippen molar-refractivity contribution in [3.63, 3.8) is 0 Å². The predicted molar refractivity (Wildman–Crippen MR) is 65.1 cm³/mol. The highest BCUT2D eigenvalue weighted by Gasteiger charge is 2.10. The molecule has 6 heteroatoms. The largest absolute Gasteiger partial charge is 0.496 e. The van der Waals surface area contributed by atoms with Gasteiger partial charge in [0.25, 0.3) is 0 Å². The van der Waals surface area contributed by atoms with Crippen LogP contribution in [-0.2, 0) is 6.42 Å². The van der Waals surface area contributed by atoms with Crippen molar-refractivity contribution in [1.29, 1.82) is 0 Å². The second-order valence-electron chi connectivity index (χ2n) is 3.80. The molecule has 0 radical (unpaired) electrons. The predicted octanol–water partition coefficient (Wildman–Crippen LogP) is 1.44. The molecule has 0 spiro atoms. The minimum Gasteiger partial charge on any atom is -0.496 e. The Morgan fingerprint density at radius 2 is 2.28 bits per heavy atom. The number of ether oxygens (including phenoxy) is 1. The summed E-state index contributed by atoms with van der Waals surface area (Å²) in [5, 5.41) is 11.6. The molecule has 0 N–H and O–H groups in total. The normalized spacial score (nSPS) is 10.3. The highest BCUT2D eigenvalue weighted by Crippen LogP contribution is 2.20. The van der Waals surface area contributed by atoms with Gasteiger partial charge in [-0.3, -0.25) is 4.79 Å². The Morgan fingerprint density at radius 1 is 1.44 bits per heavy atom. The Kier molecular flexibility index (Phi) is 3.66. The maximum atomic E-state index is 11.0. The molecular formula is C12H14N4O2. The van der Waals surface area contributed by atoms with Crippen LogP contribution in [0.2, 0.25) is 0 Å². The second-order valence-corrected chi connectivity index (χ2v) is 3.80. The molecule has 94 valence electrons. The van der Waals surface area contributed by atoms with E-state index in [0.717, 1.165) is 30.6 Å². The van der Waals surface area contributed by atoms with E-state index in [2.05, 4.69) is 22.4 Å². The molecule has 0 atom stereocenters. The SMILES string of the molecule is CCCc1nnnn1-c1ccc(OC)c(C=O)c1. The van der Waals surface area contributed by atoms with E-state index >= 15 is 0 Å². The minimum atomic E-state index is 0.480. The number of methoxy groups -OCH3 is 1. The lowest BCUT2D eigenvalue weighted by atomic mass is 10.2. The highest BCUT2D eigenvalue weighted by molar-refractivity contribution is 5.80. The van der Waals surface area contributed by atoms with Crippen molar-refractivity contribution < 1.29 is 9.53 Å². The number of carbonyl (C=O) groups excluding carboxylic acids is 1. The fraction of sp³-hybridized carbons (Fsp3) is 0.333. The molecule has 0 amide bonds. The van der Waals surface area contributed by atoms with Crippen LogP contribution in [0.5, 0.6) is 5.75 Å². The molecule has 0 aliphatic rings. The average Bonchev–Trinajstić information content (AvgIpc) is 2.86. The first kappa shape index (κ1) is 12.2. The number of nitrogens with zero attached hydrogens (tertiary/aromatic N) is 4. The molecular weight excluding hydrogens is 232 g/mol. The van der Waals surface area contributed by atoms with Crippen LogP contribution in [0.25, 0.3) is 5.69 Å². The van der Waals surface area contributed by atoms with Crippen LogP contribution in [0.15, 0.2) is 18.2 Å². The molecule has 0 saturated heterocycles. The van der Waals surface area contributed by atoms with Crippen LogP contribution < -0.4 is 4.74 Å². The van der Waals surface area contributed by atoms with Crippen LogP contribution >= 0.6 is 0 Å². The van der Waals surface area contributed by atoms with Crippen molar-refractivity contribution in [3.05, 3.63) is 29.6 Å². The summed E-state index contributed by atoms with van der Waals surface area (Å²) in [5.41, 5.74) is 1.24. The molecule has 2 aromatic rings. The van der Waals surface area contributed by atoms with Gasteiger partial charge in [0, 0.05) is 6.42 Å². The van der Waals surface area contributed by atoms with Gasteiger partial charge in [0.2, 0.25) is 0 Å². The summed E-state index contributed by atoms with van der Waals surface area (Å²) >= 11 is 0. The van der Waals surface area contributed by atoms with Gasteiger partial charge in [-0.05, 0) is 35.0 Å². The molecule has 18 heavy (non-hydrogen) atoms. The van der Waals surface area contributed by atoms with Crippen molar-refractivity contribution in [2.24, 2.45) is 0 Å². The third kappa shape index (κ3) is 2.22. The van der Waals surface area contributed by atoms with E-state index in [4.69, 9.17) is 4.74 Å². The molecule has 1 heterocycles. The molecule has 0 saturated carbocycles. The van der Waals surface area contributed by atoms with E-state index in [9.17, 15) is 4.79 Å². The van der Waals surface area contributed by atoms with E-state index in [1.54, 1.807) is 16.8 Å². The van der Waals surface area contributed by atoms with Crippen molar-refractivity contribution in [1.82, 2.24) is 20.2 Å². The van der Waals surface area contributed by atoms with Gasteiger partial charge in [-0.25, -0.2) is 0 Å². The maximum absolute atomic E-state index is 11.0. The number of hydrogen-bond acceptors (Lipinski definition) is 5. The minimum absolute atomic E-state index is 0.480. The Bertz CT molecular complexity index is 551. The zero-order valence-corrected chi connectivity index (χ0v) is 10.3. The van der Waals surface area contributed by atoms with Gasteiger partial charge in [-0.15, -0.1) is 5.10 Å². The lowest BCUT2D eigenvalue weighted by Gasteiger charge is -2.07. The van der Waals surface area contributed by atoms with Crippen LogP contribution in [0, 0.1) is 0 Å². The average molecular weight is 246 g/mol. The third-order valence-corrected chi connectivity index (χ3v) is 2.59. The highest BCUT2D eigenvalue weighted by atomic mass is 16.5. The van der Waals surface area contributed by atoms with Crippen molar-refractivity contribution in [3.8, 4) is 11.4 Å². The monoisotopic (exact) mass is 246 g/mol. The summed E-state index contributed by atoms with van der Waals surface area (Å²) in [6.45, 7) is 2.06. The number of carbonyl (C=O) groups is 1. The van der Waals surface area contributed by atoms with Gasteiger partial charge in [-0.2, -0.15) is 4.68 Å². The van der Waals surface area contributed by atoms with Gasteiger partial charge < -0.3 is 4.74 Å². The van der Waals surface area contributed by atoms with E-state index in [-0.39, 0.29) is 0 Å². The molecule has 0 aliphatic carbocycles. The van der Waals surface area contributed by atoms with Crippen LogP contribution in [0.1, 0.15) is 29.5 Å². The van der Waals surface area contributed by atoms with Gasteiger partial charge in [0.1, 0.15) is 5.75 Å². The Hall–Kier alpha value is -2.24. The second kappa shape index (κ2) is 5.39. The molecule has 0 fully saturated rings. The molecule has 0 unspecified atom stereocenters. The number of tetrazole rings is 1. The van der Waals surface area contributed by atoms with Gasteiger partial charge in [0.05, 0.1) is 18.4 Å². The van der Waals surface area contributed by atoms with Crippen LogP contribution in [0.4, 0.5) is 0 Å². The fourth-order valence-corrected chi connectivity index (χ4v) is 1.73. The number of rotatable bonds is 5. The zero-order chi connectivity index (χ0) is 13.0. The summed E-state index contributed by atoms with van der Waals surface area (Å²) in [5.74, 6) is 1.32. The molecule has 6 nitrogen and oxygen atoms in total. The first-order valence-corrected chi connectivity index (χ1v) is 5.71. The van der Waals surface area contributed by atoms with Crippen molar-refractivity contribution in [2.45, 2.75) is 19.8 Å². The number of hydrogen-bond donors (Lipinski definition) is 0. The molecule has 1 aromatic carbocycles. The molecule has 0 bridgehead atoms. The summed E-state index contributed by atoms with van der Waals surface area (Å²) in [6, 6.07) is 5.26. The Morgan fingerprint density at radius 3 is 2.94 bits per heavy atom. The standard InChI is InChI=1S/C12H14N4O2/c1-3-4-12-13-14-15-16(12)10-5-6-11(18-2)9(7-10)8-17/h5-8H,3-4H2,1-2H3. The van der Waals surface area contributed by atoms with Gasteiger partial charge in [-0.1, -0.05) is 6.92 Å². The third-order valence-electron chi connectivity index (χ3n) is 2.59. The van der Waals surface area contributed by atoms with E-state index in [0.29, 0.717) is 11.3 Å². The smallest absolute Gasteiger partial charge is 0.156 e. The quantitative estimate of drug-likeness (QED) is 0.746. The lowest BCUT2D eigenvalue weighted by molar-refractivity contribution is 0.112. The first-order valence-electron chi connectivity index (χ1n) is 5.71. The molecule has 0 aliphatic heterocycles. The summed E-state index contributed by atoms with van der Waals surface area (Å²) in [4.78, 5) is 11.0. The van der Waals surface area contributed by atoms with Crippen molar-refractivity contribution in [2.75, 3.05) is 7.11 Å². The number of aryl methyl sites for hydroxylation is 1. The number of benzene rings is 1. The lowest BCUT2D eigenvalue weighted by Crippen LogP contribution is -2.04. The van der Waals surface area contributed by atoms with E-state index < -0.39 is 0 Å². The van der Waals surface area contributed by atoms with Gasteiger partial charge in [0.15, 0.2) is 12.1 Å². The maximum Gasteiger partial charge on any atom is 0.156 e. The number of aromatic nitrogens is 4.